The number of hydrogen-bond donors (Lipinski definition) is 2. The Balaban J connectivity index is 1.61. The number of amides is 1. The van der Waals surface area contributed by atoms with E-state index in [1.807, 2.05) is 48.5 Å². The standard InChI is InChI=1S/C23H23Cl2N3O4/c1-14(30)27-18-4-2-3-17(9-18)23-31-19(11-28-13-26-21(24)22(28)25)10-20(32-23)16-7-5-15(12-29)6-8-16/h2-9,13,19-20,23,29H,10-12H2,1H3,(H,27,30)/t19-,20+,23+/m1/s1. The molecule has 0 spiro atoms. The van der Waals surface area contributed by atoms with E-state index in [0.29, 0.717) is 23.8 Å². The second-order valence-corrected chi connectivity index (χ2v) is 8.35. The van der Waals surface area contributed by atoms with Crippen molar-refractivity contribution in [1.29, 1.82) is 0 Å². The third-order valence-corrected chi connectivity index (χ3v) is 6.00. The molecule has 9 heteroatoms. The van der Waals surface area contributed by atoms with Crippen LogP contribution in [0, 0.1) is 0 Å². The third kappa shape index (κ3) is 5.31. The average molecular weight is 476 g/mol. The van der Waals surface area contributed by atoms with Crippen LogP contribution in [-0.2, 0) is 27.4 Å². The molecule has 3 atom stereocenters. The summed E-state index contributed by atoms with van der Waals surface area (Å²) in [5.41, 5.74) is 3.26. The number of nitrogens with zero attached hydrogens (tertiary/aromatic N) is 2. The molecule has 2 aromatic carbocycles. The normalized spacial score (nSPS) is 20.8. The van der Waals surface area contributed by atoms with E-state index in [0.717, 1.165) is 16.7 Å². The van der Waals surface area contributed by atoms with Gasteiger partial charge in [-0.05, 0) is 23.3 Å². The molecule has 1 aliphatic heterocycles. The largest absolute Gasteiger partial charge is 0.392 e. The summed E-state index contributed by atoms with van der Waals surface area (Å²) in [6, 6.07) is 15.0. The molecule has 1 aliphatic rings. The monoisotopic (exact) mass is 475 g/mol. The fourth-order valence-electron chi connectivity index (χ4n) is 3.69. The van der Waals surface area contributed by atoms with Gasteiger partial charge in [-0.3, -0.25) is 4.79 Å². The van der Waals surface area contributed by atoms with Crippen molar-refractivity contribution in [2.45, 2.75) is 45.0 Å². The fraction of sp³-hybridized carbons (Fsp3) is 0.304. The fourth-order valence-corrected chi connectivity index (χ4v) is 4.00. The lowest BCUT2D eigenvalue weighted by atomic mass is 10.00. The van der Waals surface area contributed by atoms with Crippen LogP contribution >= 0.6 is 23.2 Å². The molecule has 2 N–H and O–H groups in total. The minimum Gasteiger partial charge on any atom is -0.392 e. The van der Waals surface area contributed by atoms with Gasteiger partial charge in [-0.2, -0.15) is 0 Å². The summed E-state index contributed by atoms with van der Waals surface area (Å²) in [5.74, 6) is -0.154. The predicted octanol–water partition coefficient (Wildman–Crippen LogP) is 4.89. The Morgan fingerprint density at radius 1 is 1.19 bits per heavy atom. The van der Waals surface area contributed by atoms with E-state index in [1.54, 1.807) is 10.9 Å². The number of aromatic nitrogens is 2. The minimum atomic E-state index is -0.650. The second-order valence-electron chi connectivity index (χ2n) is 7.64. The van der Waals surface area contributed by atoms with Gasteiger partial charge in [0, 0.05) is 24.6 Å². The molecule has 168 valence electrons. The van der Waals surface area contributed by atoms with E-state index >= 15 is 0 Å². The Hall–Kier alpha value is -2.42. The van der Waals surface area contributed by atoms with Crippen LogP contribution in [0.25, 0.3) is 0 Å². The molecule has 1 aromatic heterocycles. The van der Waals surface area contributed by atoms with Crippen LogP contribution < -0.4 is 5.32 Å². The number of hydrogen-bond acceptors (Lipinski definition) is 5. The van der Waals surface area contributed by atoms with E-state index in [2.05, 4.69) is 10.3 Å². The SMILES string of the molecule is CC(=O)Nc1cccc([C@H]2O[C@@H](Cn3cnc(Cl)c3Cl)C[C@@H](c3ccc(CO)cc3)O2)c1. The molecular weight excluding hydrogens is 453 g/mol. The summed E-state index contributed by atoms with van der Waals surface area (Å²) in [7, 11) is 0. The molecule has 0 unspecified atom stereocenters. The van der Waals surface area contributed by atoms with Crippen LogP contribution in [0.5, 0.6) is 0 Å². The molecule has 1 saturated heterocycles. The van der Waals surface area contributed by atoms with E-state index < -0.39 is 6.29 Å². The first-order valence-electron chi connectivity index (χ1n) is 10.2. The Kier molecular flexibility index (Phi) is 7.13. The first kappa shape index (κ1) is 22.8. The van der Waals surface area contributed by atoms with E-state index in [-0.39, 0.29) is 29.9 Å². The number of aliphatic hydroxyl groups excluding tert-OH is 1. The van der Waals surface area contributed by atoms with Gasteiger partial charge in [-0.1, -0.05) is 59.6 Å². The lowest BCUT2D eigenvalue weighted by Gasteiger charge is -2.36. The van der Waals surface area contributed by atoms with Crippen LogP contribution in [0.15, 0.2) is 54.9 Å². The number of nitrogens with one attached hydrogen (secondary N) is 1. The number of carbonyl (C=O) groups excluding carboxylic acids is 1. The van der Waals surface area contributed by atoms with Crippen LogP contribution in [-0.4, -0.2) is 26.7 Å². The van der Waals surface area contributed by atoms with E-state index in [4.69, 9.17) is 32.7 Å². The van der Waals surface area contributed by atoms with Gasteiger partial charge in [-0.25, -0.2) is 4.98 Å². The summed E-state index contributed by atoms with van der Waals surface area (Å²) >= 11 is 12.3. The molecule has 1 amide bonds. The zero-order chi connectivity index (χ0) is 22.7. The molecule has 0 bridgehead atoms. The lowest BCUT2D eigenvalue weighted by Crippen LogP contribution is -2.32. The Morgan fingerprint density at radius 3 is 2.62 bits per heavy atom. The zero-order valence-corrected chi connectivity index (χ0v) is 18.9. The van der Waals surface area contributed by atoms with Gasteiger partial charge in [-0.15, -0.1) is 0 Å². The summed E-state index contributed by atoms with van der Waals surface area (Å²) < 4.78 is 14.3. The number of ether oxygens (including phenoxy) is 2. The highest BCUT2D eigenvalue weighted by atomic mass is 35.5. The maximum Gasteiger partial charge on any atom is 0.221 e. The maximum absolute atomic E-state index is 11.5. The van der Waals surface area contributed by atoms with Gasteiger partial charge < -0.3 is 24.5 Å². The number of aliphatic hydroxyl groups is 1. The van der Waals surface area contributed by atoms with Crippen LogP contribution in [0.2, 0.25) is 10.3 Å². The molecule has 3 aromatic rings. The van der Waals surface area contributed by atoms with Crippen LogP contribution in [0.1, 0.15) is 42.4 Å². The molecule has 32 heavy (non-hydrogen) atoms. The Bertz CT molecular complexity index is 1090. The highest BCUT2D eigenvalue weighted by molar-refractivity contribution is 6.40. The molecule has 0 aliphatic carbocycles. The summed E-state index contributed by atoms with van der Waals surface area (Å²) in [6.45, 7) is 1.90. The molecule has 7 nitrogen and oxygen atoms in total. The highest BCUT2D eigenvalue weighted by Crippen LogP contribution is 2.39. The Labute approximate surface area is 195 Å². The number of anilines is 1. The minimum absolute atomic E-state index is 0.0179. The highest BCUT2D eigenvalue weighted by Gasteiger charge is 2.33. The van der Waals surface area contributed by atoms with Crippen LogP contribution in [0.3, 0.4) is 0 Å². The summed E-state index contributed by atoms with van der Waals surface area (Å²) in [5, 5.41) is 12.7. The predicted molar refractivity (Wildman–Crippen MR) is 121 cm³/mol. The molecular formula is C23H23Cl2N3O4. The molecule has 4 rings (SSSR count). The maximum atomic E-state index is 11.5. The van der Waals surface area contributed by atoms with Crippen molar-refractivity contribution < 1.29 is 19.4 Å². The van der Waals surface area contributed by atoms with Crippen LogP contribution in [0.4, 0.5) is 5.69 Å². The zero-order valence-electron chi connectivity index (χ0n) is 17.4. The van der Waals surface area contributed by atoms with Crippen molar-refractivity contribution in [3.8, 4) is 0 Å². The Morgan fingerprint density at radius 2 is 1.97 bits per heavy atom. The number of rotatable bonds is 6. The van der Waals surface area contributed by atoms with Gasteiger partial charge in [0.05, 0.1) is 31.7 Å². The summed E-state index contributed by atoms with van der Waals surface area (Å²) in [4.78, 5) is 15.5. The van der Waals surface area contributed by atoms with Crippen molar-refractivity contribution in [3.63, 3.8) is 0 Å². The van der Waals surface area contributed by atoms with E-state index in [9.17, 15) is 9.90 Å². The van der Waals surface area contributed by atoms with Gasteiger partial charge in [0.15, 0.2) is 11.4 Å². The van der Waals surface area contributed by atoms with Gasteiger partial charge in [0.1, 0.15) is 5.15 Å². The van der Waals surface area contributed by atoms with Crippen molar-refractivity contribution in [2.24, 2.45) is 0 Å². The second kappa shape index (κ2) is 10.0. The summed E-state index contributed by atoms with van der Waals surface area (Å²) in [6.07, 6.45) is 1.05. The van der Waals surface area contributed by atoms with Gasteiger partial charge in [0.25, 0.3) is 0 Å². The molecule has 2 heterocycles. The van der Waals surface area contributed by atoms with Gasteiger partial charge in [0.2, 0.25) is 5.91 Å². The molecule has 1 fully saturated rings. The average Bonchev–Trinajstić information content (AvgIpc) is 3.11. The first-order chi connectivity index (χ1) is 15.4. The quantitative estimate of drug-likeness (QED) is 0.530. The van der Waals surface area contributed by atoms with Crippen molar-refractivity contribution >= 4 is 34.8 Å². The number of halogens is 2. The van der Waals surface area contributed by atoms with E-state index in [1.165, 1.54) is 6.92 Å². The van der Waals surface area contributed by atoms with Gasteiger partial charge >= 0.3 is 0 Å². The number of carbonyl (C=O) groups is 1. The van der Waals surface area contributed by atoms with Crippen molar-refractivity contribution in [3.05, 3.63) is 81.9 Å². The lowest BCUT2D eigenvalue weighted by molar-refractivity contribution is -0.252. The number of benzene rings is 2. The third-order valence-electron chi connectivity index (χ3n) is 5.23. The van der Waals surface area contributed by atoms with Crippen molar-refractivity contribution in [1.82, 2.24) is 9.55 Å². The molecule has 0 radical (unpaired) electrons. The first-order valence-corrected chi connectivity index (χ1v) is 10.9. The molecule has 0 saturated carbocycles. The smallest absolute Gasteiger partial charge is 0.221 e. The van der Waals surface area contributed by atoms with Crippen molar-refractivity contribution in [2.75, 3.05) is 5.32 Å². The topological polar surface area (TPSA) is 85.6 Å². The number of imidazole rings is 1.